The molecule has 0 aromatic heterocycles. The number of benzene rings is 1. The van der Waals surface area contributed by atoms with E-state index in [1.54, 1.807) is 18.2 Å². The first kappa shape index (κ1) is 17.8. The lowest BCUT2D eigenvalue weighted by Gasteiger charge is -2.34. The SMILES string of the molecule is O=C(Nc1ccc(Cl)cc1Cl)N[C@H]1C[C@H]2CO[C@@H](CCO)CN2C1. The van der Waals surface area contributed by atoms with Crippen molar-refractivity contribution in [3.05, 3.63) is 28.2 Å². The van der Waals surface area contributed by atoms with Gasteiger partial charge in [0.15, 0.2) is 0 Å². The molecule has 3 atom stereocenters. The molecular weight excluding hydrogens is 353 g/mol. The van der Waals surface area contributed by atoms with E-state index in [4.69, 9.17) is 33.0 Å². The van der Waals surface area contributed by atoms with Crippen molar-refractivity contribution < 1.29 is 14.6 Å². The molecule has 0 unspecified atom stereocenters. The van der Waals surface area contributed by atoms with Crippen LogP contribution in [0.5, 0.6) is 0 Å². The fraction of sp³-hybridized carbons (Fsp3) is 0.562. The minimum atomic E-state index is -0.281. The minimum absolute atomic E-state index is 0.0672. The van der Waals surface area contributed by atoms with Gasteiger partial charge in [0.25, 0.3) is 0 Å². The summed E-state index contributed by atoms with van der Waals surface area (Å²) in [6.45, 7) is 2.37. The first-order valence-corrected chi connectivity index (χ1v) is 8.80. The Balaban J connectivity index is 1.51. The van der Waals surface area contributed by atoms with Crippen LogP contribution in [0.2, 0.25) is 10.0 Å². The lowest BCUT2D eigenvalue weighted by atomic mass is 10.1. The van der Waals surface area contributed by atoms with Gasteiger partial charge in [-0.3, -0.25) is 4.90 Å². The highest BCUT2D eigenvalue weighted by atomic mass is 35.5. The highest BCUT2D eigenvalue weighted by Crippen LogP contribution is 2.26. The number of ether oxygens (including phenoxy) is 1. The van der Waals surface area contributed by atoms with Gasteiger partial charge >= 0.3 is 6.03 Å². The summed E-state index contributed by atoms with van der Waals surface area (Å²) < 4.78 is 5.75. The third-order valence-electron chi connectivity index (χ3n) is 4.46. The van der Waals surface area contributed by atoms with Gasteiger partial charge in [-0.2, -0.15) is 0 Å². The minimum Gasteiger partial charge on any atom is -0.396 e. The molecule has 24 heavy (non-hydrogen) atoms. The zero-order valence-electron chi connectivity index (χ0n) is 13.2. The maximum Gasteiger partial charge on any atom is 0.319 e. The topological polar surface area (TPSA) is 73.8 Å². The Bertz CT molecular complexity index is 602. The zero-order valence-corrected chi connectivity index (χ0v) is 14.7. The van der Waals surface area contributed by atoms with Crippen LogP contribution in [0.4, 0.5) is 10.5 Å². The molecule has 0 saturated carbocycles. The predicted octanol–water partition coefficient (Wildman–Crippen LogP) is 2.34. The van der Waals surface area contributed by atoms with Crippen LogP contribution in [-0.2, 0) is 4.74 Å². The quantitative estimate of drug-likeness (QED) is 0.757. The molecule has 1 aromatic rings. The van der Waals surface area contributed by atoms with Gasteiger partial charge in [-0.05, 0) is 31.0 Å². The maximum atomic E-state index is 12.2. The van der Waals surface area contributed by atoms with Crippen LogP contribution in [0.25, 0.3) is 0 Å². The molecule has 0 radical (unpaired) electrons. The van der Waals surface area contributed by atoms with E-state index < -0.39 is 0 Å². The standard InChI is InChI=1S/C16H21Cl2N3O3/c17-10-1-2-15(14(18)5-10)20-16(23)19-11-6-12-9-24-13(3-4-22)8-21(12)7-11/h1-2,5,11-13,22H,3-4,6-9H2,(H2,19,20,23)/t11-,12-,13-/m0/s1. The van der Waals surface area contributed by atoms with Gasteiger partial charge < -0.3 is 20.5 Å². The van der Waals surface area contributed by atoms with Crippen molar-refractivity contribution in [1.82, 2.24) is 10.2 Å². The lowest BCUT2D eigenvalue weighted by molar-refractivity contribution is -0.0566. The second kappa shape index (κ2) is 7.89. The fourth-order valence-electron chi connectivity index (χ4n) is 3.30. The van der Waals surface area contributed by atoms with Crippen molar-refractivity contribution >= 4 is 34.9 Å². The van der Waals surface area contributed by atoms with E-state index in [-0.39, 0.29) is 24.8 Å². The predicted molar refractivity (Wildman–Crippen MR) is 93.8 cm³/mol. The molecule has 1 aromatic carbocycles. The second-order valence-corrected chi connectivity index (χ2v) is 7.07. The summed E-state index contributed by atoms with van der Waals surface area (Å²) in [5.74, 6) is 0. The van der Waals surface area contributed by atoms with E-state index in [9.17, 15) is 4.79 Å². The van der Waals surface area contributed by atoms with Crippen LogP contribution in [0.15, 0.2) is 18.2 Å². The van der Waals surface area contributed by atoms with Gasteiger partial charge in [-0.1, -0.05) is 23.2 Å². The molecule has 0 bridgehead atoms. The van der Waals surface area contributed by atoms with E-state index in [1.807, 2.05) is 0 Å². The Morgan fingerprint density at radius 3 is 2.96 bits per heavy atom. The number of urea groups is 1. The summed E-state index contributed by atoms with van der Waals surface area (Å²) in [4.78, 5) is 14.5. The van der Waals surface area contributed by atoms with Crippen molar-refractivity contribution in [3.8, 4) is 0 Å². The van der Waals surface area contributed by atoms with Gasteiger partial charge in [0, 0.05) is 36.8 Å². The van der Waals surface area contributed by atoms with Crippen LogP contribution >= 0.6 is 23.2 Å². The Morgan fingerprint density at radius 2 is 2.21 bits per heavy atom. The van der Waals surface area contributed by atoms with Gasteiger partial charge in [0.2, 0.25) is 0 Å². The molecule has 2 fully saturated rings. The van der Waals surface area contributed by atoms with Crippen LogP contribution in [0.1, 0.15) is 12.8 Å². The fourth-order valence-corrected chi connectivity index (χ4v) is 3.76. The molecule has 2 saturated heterocycles. The van der Waals surface area contributed by atoms with Crippen molar-refractivity contribution in [2.75, 3.05) is 31.6 Å². The smallest absolute Gasteiger partial charge is 0.319 e. The van der Waals surface area contributed by atoms with Gasteiger partial charge in [-0.25, -0.2) is 4.79 Å². The zero-order chi connectivity index (χ0) is 17.1. The monoisotopic (exact) mass is 373 g/mol. The number of rotatable bonds is 4. The first-order valence-electron chi connectivity index (χ1n) is 8.04. The normalized spacial score (nSPS) is 26.9. The van der Waals surface area contributed by atoms with Crippen LogP contribution in [0, 0.1) is 0 Å². The molecule has 2 amide bonds. The van der Waals surface area contributed by atoms with Gasteiger partial charge in [0.1, 0.15) is 0 Å². The number of aliphatic hydroxyl groups is 1. The summed E-state index contributed by atoms with van der Waals surface area (Å²) in [7, 11) is 0. The summed E-state index contributed by atoms with van der Waals surface area (Å²) in [6.07, 6.45) is 1.58. The summed E-state index contributed by atoms with van der Waals surface area (Å²) >= 11 is 11.9. The molecule has 0 aliphatic carbocycles. The molecule has 0 spiro atoms. The largest absolute Gasteiger partial charge is 0.396 e. The lowest BCUT2D eigenvalue weighted by Crippen LogP contribution is -2.46. The van der Waals surface area contributed by atoms with Crippen LogP contribution in [0.3, 0.4) is 0 Å². The van der Waals surface area contributed by atoms with Crippen molar-refractivity contribution in [2.45, 2.75) is 31.0 Å². The number of nitrogens with zero attached hydrogens (tertiary/aromatic N) is 1. The highest BCUT2D eigenvalue weighted by molar-refractivity contribution is 6.36. The number of halogens is 2. The first-order chi connectivity index (χ1) is 11.5. The van der Waals surface area contributed by atoms with E-state index >= 15 is 0 Å². The van der Waals surface area contributed by atoms with E-state index in [2.05, 4.69) is 15.5 Å². The number of amides is 2. The number of carbonyl (C=O) groups is 1. The maximum absolute atomic E-state index is 12.2. The van der Waals surface area contributed by atoms with Gasteiger partial charge in [0.05, 0.1) is 23.4 Å². The van der Waals surface area contributed by atoms with E-state index in [1.165, 1.54) is 0 Å². The molecule has 8 heteroatoms. The Hall–Kier alpha value is -1.05. The van der Waals surface area contributed by atoms with Crippen molar-refractivity contribution in [1.29, 1.82) is 0 Å². The number of nitrogens with one attached hydrogen (secondary N) is 2. The number of anilines is 1. The Labute approximate surface area is 151 Å². The number of aliphatic hydroxyl groups excluding tert-OH is 1. The third-order valence-corrected chi connectivity index (χ3v) is 5.00. The summed E-state index contributed by atoms with van der Waals surface area (Å²) in [5, 5.41) is 15.7. The van der Waals surface area contributed by atoms with Crippen molar-refractivity contribution in [3.63, 3.8) is 0 Å². The molecular formula is C16H21Cl2N3O3. The summed E-state index contributed by atoms with van der Waals surface area (Å²) in [5.41, 5.74) is 0.528. The summed E-state index contributed by atoms with van der Waals surface area (Å²) in [6, 6.07) is 5.05. The molecule has 3 rings (SSSR count). The van der Waals surface area contributed by atoms with Crippen LogP contribution in [-0.4, -0.2) is 60.5 Å². The van der Waals surface area contributed by atoms with Crippen LogP contribution < -0.4 is 10.6 Å². The third kappa shape index (κ3) is 4.32. The highest BCUT2D eigenvalue weighted by Gasteiger charge is 2.37. The molecule has 6 nitrogen and oxygen atoms in total. The number of carbonyl (C=O) groups excluding carboxylic acids is 1. The molecule has 3 N–H and O–H groups in total. The molecule has 132 valence electrons. The number of morpholine rings is 1. The molecule has 2 aliphatic rings. The van der Waals surface area contributed by atoms with Crippen molar-refractivity contribution in [2.24, 2.45) is 0 Å². The number of fused-ring (bicyclic) bond motifs is 1. The molecule has 2 aliphatic heterocycles. The number of hydrogen-bond donors (Lipinski definition) is 3. The van der Waals surface area contributed by atoms with E-state index in [0.717, 1.165) is 19.5 Å². The Kier molecular flexibility index (Phi) is 5.84. The number of hydrogen-bond acceptors (Lipinski definition) is 4. The average molecular weight is 374 g/mol. The molecule has 2 heterocycles. The average Bonchev–Trinajstić information content (AvgIpc) is 2.92. The van der Waals surface area contributed by atoms with E-state index in [0.29, 0.717) is 34.8 Å². The Morgan fingerprint density at radius 1 is 1.38 bits per heavy atom. The second-order valence-electron chi connectivity index (χ2n) is 6.23. The van der Waals surface area contributed by atoms with Gasteiger partial charge in [-0.15, -0.1) is 0 Å².